The Hall–Kier alpha value is -1.43. The average molecular weight is 274 g/mol. The Morgan fingerprint density at radius 1 is 1.21 bits per heavy atom. The van der Waals surface area contributed by atoms with Crippen LogP contribution in [0.4, 0.5) is 18.9 Å². The Kier molecular flexibility index (Phi) is 4.19. The Labute approximate surface area is 110 Å². The van der Waals surface area contributed by atoms with Crippen molar-refractivity contribution in [3.8, 4) is 5.75 Å². The van der Waals surface area contributed by atoms with Gasteiger partial charge in [0.15, 0.2) is 0 Å². The van der Waals surface area contributed by atoms with E-state index in [1.165, 1.54) is 12.1 Å². The summed E-state index contributed by atoms with van der Waals surface area (Å²) in [4.78, 5) is 2.18. The smallest absolute Gasteiger partial charge is 0.419 e. The number of nitrogen functional groups attached to an aromatic ring is 1. The summed E-state index contributed by atoms with van der Waals surface area (Å²) in [5.41, 5.74) is 5.00. The van der Waals surface area contributed by atoms with Gasteiger partial charge in [0.1, 0.15) is 12.4 Å². The summed E-state index contributed by atoms with van der Waals surface area (Å²) in [5.74, 6) is -0.188. The summed E-state index contributed by atoms with van der Waals surface area (Å²) in [6.45, 7) is 2.87. The zero-order valence-electron chi connectivity index (χ0n) is 10.5. The number of ether oxygens (including phenoxy) is 1. The third-order valence-electron chi connectivity index (χ3n) is 3.17. The van der Waals surface area contributed by atoms with E-state index in [1.54, 1.807) is 0 Å². The van der Waals surface area contributed by atoms with Crippen molar-refractivity contribution in [1.29, 1.82) is 0 Å². The van der Waals surface area contributed by atoms with E-state index in [2.05, 4.69) is 4.90 Å². The van der Waals surface area contributed by atoms with Crippen LogP contribution in [0.2, 0.25) is 0 Å². The maximum atomic E-state index is 12.8. The molecule has 0 bridgehead atoms. The summed E-state index contributed by atoms with van der Waals surface area (Å²) in [6, 6.07) is 3.42. The molecule has 6 heteroatoms. The molecule has 0 aromatic heterocycles. The summed E-state index contributed by atoms with van der Waals surface area (Å²) in [7, 11) is 0. The van der Waals surface area contributed by atoms with Gasteiger partial charge in [-0.15, -0.1) is 0 Å². The first kappa shape index (κ1) is 14.0. The van der Waals surface area contributed by atoms with Crippen molar-refractivity contribution < 1.29 is 17.9 Å². The summed E-state index contributed by atoms with van der Waals surface area (Å²) in [6.07, 6.45) is -2.13. The Balaban J connectivity index is 1.99. The molecule has 1 aliphatic heterocycles. The Bertz CT molecular complexity index is 428. The third kappa shape index (κ3) is 3.76. The number of alkyl halides is 3. The quantitative estimate of drug-likeness (QED) is 0.858. The van der Waals surface area contributed by atoms with Crippen LogP contribution >= 0.6 is 0 Å². The van der Waals surface area contributed by atoms with Crippen LogP contribution in [0.15, 0.2) is 18.2 Å². The van der Waals surface area contributed by atoms with Crippen molar-refractivity contribution in [3.63, 3.8) is 0 Å². The highest BCUT2D eigenvalue weighted by Gasteiger charge is 2.34. The predicted molar refractivity (Wildman–Crippen MR) is 67.0 cm³/mol. The molecule has 0 radical (unpaired) electrons. The van der Waals surface area contributed by atoms with Crippen LogP contribution in [0.25, 0.3) is 0 Å². The molecule has 1 saturated heterocycles. The molecule has 2 rings (SSSR count). The predicted octanol–water partition coefficient (Wildman–Crippen LogP) is 2.76. The van der Waals surface area contributed by atoms with Crippen molar-refractivity contribution >= 4 is 5.69 Å². The fourth-order valence-corrected chi connectivity index (χ4v) is 2.18. The number of halogens is 3. The highest BCUT2D eigenvalue weighted by Crippen LogP contribution is 2.37. The summed E-state index contributed by atoms with van der Waals surface area (Å²) >= 11 is 0. The highest BCUT2D eigenvalue weighted by molar-refractivity contribution is 5.49. The molecule has 1 heterocycles. The van der Waals surface area contributed by atoms with Crippen LogP contribution in [0, 0.1) is 0 Å². The molecule has 1 fully saturated rings. The molecule has 0 atom stereocenters. The highest BCUT2D eigenvalue weighted by atomic mass is 19.4. The fourth-order valence-electron chi connectivity index (χ4n) is 2.18. The first-order chi connectivity index (χ1) is 8.97. The molecule has 2 N–H and O–H groups in total. The van der Waals surface area contributed by atoms with E-state index in [4.69, 9.17) is 10.5 Å². The van der Waals surface area contributed by atoms with Gasteiger partial charge in [-0.05, 0) is 38.1 Å². The molecule has 1 aromatic carbocycles. The Morgan fingerprint density at radius 2 is 1.89 bits per heavy atom. The topological polar surface area (TPSA) is 38.5 Å². The molecule has 19 heavy (non-hydrogen) atoms. The number of nitrogens with zero attached hydrogens (tertiary/aromatic N) is 1. The van der Waals surface area contributed by atoms with Crippen LogP contribution in [0.1, 0.15) is 18.4 Å². The molecule has 0 spiro atoms. The van der Waals surface area contributed by atoms with Crippen LogP contribution in [0.5, 0.6) is 5.75 Å². The van der Waals surface area contributed by atoms with Gasteiger partial charge in [-0.25, -0.2) is 0 Å². The summed E-state index contributed by atoms with van der Waals surface area (Å²) < 4.78 is 43.6. The second kappa shape index (κ2) is 5.69. The van der Waals surface area contributed by atoms with E-state index in [1.807, 2.05) is 0 Å². The van der Waals surface area contributed by atoms with E-state index in [0.29, 0.717) is 6.54 Å². The number of nitrogens with two attached hydrogens (primary N) is 1. The lowest BCUT2D eigenvalue weighted by Gasteiger charge is -2.17. The van der Waals surface area contributed by atoms with Gasteiger partial charge < -0.3 is 10.5 Å². The van der Waals surface area contributed by atoms with Crippen molar-refractivity contribution in [2.45, 2.75) is 19.0 Å². The van der Waals surface area contributed by atoms with Crippen molar-refractivity contribution in [1.82, 2.24) is 4.90 Å². The monoisotopic (exact) mass is 274 g/mol. The SMILES string of the molecule is Nc1ccc(C(F)(F)F)c(OCCN2CCCC2)c1. The van der Waals surface area contributed by atoms with E-state index >= 15 is 0 Å². The number of benzene rings is 1. The molecule has 3 nitrogen and oxygen atoms in total. The standard InChI is InChI=1S/C13H17F3N2O/c14-13(15,16)11-4-3-10(17)9-12(11)19-8-7-18-5-1-2-6-18/h3-4,9H,1-2,5-8,17H2. The van der Waals surface area contributed by atoms with Gasteiger partial charge in [-0.3, -0.25) is 4.90 Å². The lowest BCUT2D eigenvalue weighted by Crippen LogP contribution is -2.25. The normalized spacial score (nSPS) is 16.8. The molecule has 0 aliphatic carbocycles. The number of likely N-dealkylation sites (tertiary alicyclic amines) is 1. The largest absolute Gasteiger partial charge is 0.492 e. The maximum Gasteiger partial charge on any atom is 0.419 e. The van der Waals surface area contributed by atoms with Gasteiger partial charge >= 0.3 is 6.18 Å². The Morgan fingerprint density at radius 3 is 2.53 bits per heavy atom. The van der Waals surface area contributed by atoms with E-state index in [9.17, 15) is 13.2 Å². The lowest BCUT2D eigenvalue weighted by molar-refractivity contribution is -0.138. The number of hydrogen-bond acceptors (Lipinski definition) is 3. The van der Waals surface area contributed by atoms with Crippen LogP contribution in [0.3, 0.4) is 0 Å². The minimum atomic E-state index is -4.42. The zero-order valence-corrected chi connectivity index (χ0v) is 10.5. The van der Waals surface area contributed by atoms with Gasteiger partial charge in [-0.1, -0.05) is 0 Å². The van der Waals surface area contributed by atoms with Crippen molar-refractivity contribution in [2.75, 3.05) is 32.0 Å². The molecule has 0 amide bonds. The van der Waals surface area contributed by atoms with Gasteiger partial charge in [-0.2, -0.15) is 13.2 Å². The number of rotatable bonds is 4. The number of anilines is 1. The van der Waals surface area contributed by atoms with Crippen LogP contribution in [-0.2, 0) is 6.18 Å². The zero-order chi connectivity index (χ0) is 13.9. The maximum absolute atomic E-state index is 12.8. The van der Waals surface area contributed by atoms with Crippen LogP contribution in [-0.4, -0.2) is 31.1 Å². The fraction of sp³-hybridized carbons (Fsp3) is 0.538. The van der Waals surface area contributed by atoms with Gasteiger partial charge in [0, 0.05) is 18.3 Å². The minimum Gasteiger partial charge on any atom is -0.492 e. The molecular formula is C13H17F3N2O. The van der Waals surface area contributed by atoms with E-state index < -0.39 is 11.7 Å². The van der Waals surface area contributed by atoms with E-state index in [-0.39, 0.29) is 18.0 Å². The molecule has 0 unspecified atom stereocenters. The van der Waals surface area contributed by atoms with Crippen molar-refractivity contribution in [3.05, 3.63) is 23.8 Å². The lowest BCUT2D eigenvalue weighted by atomic mass is 10.2. The molecule has 0 saturated carbocycles. The van der Waals surface area contributed by atoms with Gasteiger partial charge in [0.2, 0.25) is 0 Å². The minimum absolute atomic E-state index is 0.188. The van der Waals surface area contributed by atoms with E-state index in [0.717, 1.165) is 32.0 Å². The van der Waals surface area contributed by atoms with Crippen molar-refractivity contribution in [2.24, 2.45) is 0 Å². The molecule has 106 valence electrons. The average Bonchev–Trinajstić information content (AvgIpc) is 2.80. The van der Waals surface area contributed by atoms with Gasteiger partial charge in [0.25, 0.3) is 0 Å². The summed E-state index contributed by atoms with van der Waals surface area (Å²) in [5, 5.41) is 0. The first-order valence-corrected chi connectivity index (χ1v) is 6.29. The third-order valence-corrected chi connectivity index (χ3v) is 3.17. The van der Waals surface area contributed by atoms with Gasteiger partial charge in [0.05, 0.1) is 5.56 Å². The second-order valence-corrected chi connectivity index (χ2v) is 4.65. The first-order valence-electron chi connectivity index (χ1n) is 6.29. The molecule has 1 aromatic rings. The second-order valence-electron chi connectivity index (χ2n) is 4.65. The molecular weight excluding hydrogens is 257 g/mol. The molecule has 1 aliphatic rings. The van der Waals surface area contributed by atoms with Crippen LogP contribution < -0.4 is 10.5 Å². The number of hydrogen-bond donors (Lipinski definition) is 1.